The zero-order chi connectivity index (χ0) is 25.3. The number of carbonyl (C=O) groups is 2. The fraction of sp³-hybridized carbons (Fsp3) is 0.704. The number of likely N-dealkylation sites (N-methyl/N-ethyl adjacent to an activating group) is 1. The van der Waals surface area contributed by atoms with Gasteiger partial charge in [-0.25, -0.2) is 4.79 Å². The fourth-order valence-electron chi connectivity index (χ4n) is 5.96. The molecule has 2 fully saturated rings. The highest BCUT2D eigenvalue weighted by atomic mass is 35.5. The lowest BCUT2D eigenvalue weighted by Gasteiger charge is -2.43. The van der Waals surface area contributed by atoms with E-state index in [1.54, 1.807) is 12.1 Å². The molecule has 5 N–H and O–H groups in total. The number of amides is 3. The van der Waals surface area contributed by atoms with Crippen molar-refractivity contribution in [2.45, 2.75) is 82.3 Å². The number of carbonyl (C=O) groups excluding carboxylic acids is 2. The number of hydrogen-bond donors (Lipinski definition) is 4. The van der Waals surface area contributed by atoms with Crippen molar-refractivity contribution in [2.75, 3.05) is 26.7 Å². The summed E-state index contributed by atoms with van der Waals surface area (Å²) >= 11 is 6.25. The first-order valence-corrected chi connectivity index (χ1v) is 13.7. The molecule has 35 heavy (non-hydrogen) atoms. The van der Waals surface area contributed by atoms with Gasteiger partial charge in [-0.3, -0.25) is 4.79 Å². The van der Waals surface area contributed by atoms with Crippen LogP contribution in [0.15, 0.2) is 24.3 Å². The van der Waals surface area contributed by atoms with Crippen LogP contribution in [-0.2, 0) is 10.4 Å². The molecule has 7 nitrogen and oxygen atoms in total. The first-order valence-electron chi connectivity index (χ1n) is 13.3. The van der Waals surface area contributed by atoms with Crippen molar-refractivity contribution in [3.8, 4) is 0 Å². The minimum absolute atomic E-state index is 0.0589. The third kappa shape index (κ3) is 8.09. The van der Waals surface area contributed by atoms with Gasteiger partial charge in [0.2, 0.25) is 5.91 Å². The average Bonchev–Trinajstić information content (AvgIpc) is 2.84. The van der Waals surface area contributed by atoms with Gasteiger partial charge in [-0.2, -0.15) is 0 Å². The number of primary amides is 1. The van der Waals surface area contributed by atoms with Crippen molar-refractivity contribution < 1.29 is 14.7 Å². The minimum Gasteiger partial charge on any atom is -0.385 e. The molecule has 3 unspecified atom stereocenters. The predicted molar refractivity (Wildman–Crippen MR) is 140 cm³/mol. The Labute approximate surface area is 215 Å². The molecule has 1 aromatic carbocycles. The van der Waals surface area contributed by atoms with E-state index >= 15 is 0 Å². The van der Waals surface area contributed by atoms with Crippen LogP contribution in [-0.4, -0.2) is 54.7 Å². The molecule has 3 rings (SSSR count). The van der Waals surface area contributed by atoms with Gasteiger partial charge in [0, 0.05) is 43.0 Å². The maximum absolute atomic E-state index is 13.3. The molecule has 1 aromatic rings. The molecule has 1 aliphatic carbocycles. The molecule has 1 saturated heterocycles. The second-order valence-corrected chi connectivity index (χ2v) is 10.9. The van der Waals surface area contributed by atoms with Crippen LogP contribution >= 0.6 is 11.6 Å². The molecule has 1 saturated carbocycles. The Hall–Kier alpha value is -1.83. The van der Waals surface area contributed by atoms with E-state index in [-0.39, 0.29) is 30.3 Å². The summed E-state index contributed by atoms with van der Waals surface area (Å²) in [6, 6.07) is 7.32. The van der Waals surface area contributed by atoms with Gasteiger partial charge in [0.1, 0.15) is 0 Å². The molecule has 1 heterocycles. The van der Waals surface area contributed by atoms with Crippen LogP contribution in [0.5, 0.6) is 0 Å². The summed E-state index contributed by atoms with van der Waals surface area (Å²) in [5.74, 6) is 0.140. The van der Waals surface area contributed by atoms with Crippen LogP contribution in [0, 0.1) is 11.8 Å². The quantitative estimate of drug-likeness (QED) is 0.361. The normalized spacial score (nSPS) is 21.8. The highest BCUT2D eigenvalue weighted by Gasteiger charge is 2.41. The predicted octanol–water partition coefficient (Wildman–Crippen LogP) is 4.16. The summed E-state index contributed by atoms with van der Waals surface area (Å²) in [5, 5.41) is 19.0. The first-order chi connectivity index (χ1) is 16.8. The molecule has 196 valence electrons. The monoisotopic (exact) mass is 506 g/mol. The van der Waals surface area contributed by atoms with Crippen molar-refractivity contribution in [3.05, 3.63) is 34.9 Å². The number of nitrogens with one attached hydrogen (secondary N) is 2. The van der Waals surface area contributed by atoms with Crippen LogP contribution in [0.3, 0.4) is 0 Å². The second kappa shape index (κ2) is 13.5. The summed E-state index contributed by atoms with van der Waals surface area (Å²) in [4.78, 5) is 26.5. The van der Waals surface area contributed by atoms with E-state index in [9.17, 15) is 14.7 Å². The number of aliphatic hydroxyl groups is 1. The number of nitrogens with two attached hydrogens (primary N) is 1. The lowest BCUT2D eigenvalue weighted by atomic mass is 9.74. The Balaban J connectivity index is 1.69. The van der Waals surface area contributed by atoms with Crippen LogP contribution in [0.1, 0.15) is 76.2 Å². The van der Waals surface area contributed by atoms with Gasteiger partial charge >= 0.3 is 6.03 Å². The molecule has 8 heteroatoms. The molecule has 2 aliphatic rings. The van der Waals surface area contributed by atoms with Gasteiger partial charge < -0.3 is 26.4 Å². The molecule has 3 atom stereocenters. The highest BCUT2D eigenvalue weighted by molar-refractivity contribution is 6.30. The Morgan fingerprint density at radius 2 is 2.00 bits per heavy atom. The molecular formula is C27H43ClN4O3. The van der Waals surface area contributed by atoms with Gasteiger partial charge in [-0.1, -0.05) is 55.8 Å². The van der Waals surface area contributed by atoms with Gasteiger partial charge in [-0.05, 0) is 62.8 Å². The number of rotatable bonds is 11. The van der Waals surface area contributed by atoms with Crippen LogP contribution < -0.4 is 16.4 Å². The minimum atomic E-state index is -1.19. The second-order valence-electron chi connectivity index (χ2n) is 10.5. The molecule has 1 aliphatic heterocycles. The zero-order valence-electron chi connectivity index (χ0n) is 21.1. The number of piperidine rings is 1. The Morgan fingerprint density at radius 1 is 1.23 bits per heavy atom. The van der Waals surface area contributed by atoms with E-state index in [0.717, 1.165) is 31.4 Å². The van der Waals surface area contributed by atoms with Crippen LogP contribution in [0.25, 0.3) is 0 Å². The van der Waals surface area contributed by atoms with E-state index in [2.05, 4.69) is 10.6 Å². The standard InChI is InChI=1S/C27H43ClN4O3/c1-30-18-24(16-20-8-3-2-4-9-20)31-26(34)32-15-7-11-22(19-32)27(35,14-6-13-25(29)33)21-10-5-12-23(28)17-21/h5,10,12,17,20,22,24,30,35H,2-4,6-9,11,13-16,18-19H2,1H3,(H2,29,33)(H,31,34). The maximum Gasteiger partial charge on any atom is 0.317 e. The van der Waals surface area contributed by atoms with Gasteiger partial charge in [0.15, 0.2) is 0 Å². The molecule has 0 bridgehead atoms. The van der Waals surface area contributed by atoms with Gasteiger partial charge in [-0.15, -0.1) is 0 Å². The Kier molecular flexibility index (Phi) is 10.7. The van der Waals surface area contributed by atoms with Crippen molar-refractivity contribution in [1.29, 1.82) is 0 Å². The molecular weight excluding hydrogens is 464 g/mol. The maximum atomic E-state index is 13.3. The largest absolute Gasteiger partial charge is 0.385 e. The summed E-state index contributed by atoms with van der Waals surface area (Å²) < 4.78 is 0. The number of urea groups is 1. The van der Waals surface area contributed by atoms with Gasteiger partial charge in [0.05, 0.1) is 5.60 Å². The topological polar surface area (TPSA) is 108 Å². The molecule has 0 radical (unpaired) electrons. The summed E-state index contributed by atoms with van der Waals surface area (Å²) in [7, 11) is 1.92. The van der Waals surface area contributed by atoms with Crippen molar-refractivity contribution in [1.82, 2.24) is 15.5 Å². The van der Waals surface area contributed by atoms with E-state index < -0.39 is 5.60 Å². The molecule has 0 aromatic heterocycles. The van der Waals surface area contributed by atoms with Crippen molar-refractivity contribution in [2.24, 2.45) is 17.6 Å². The lowest BCUT2D eigenvalue weighted by molar-refractivity contribution is -0.118. The van der Waals surface area contributed by atoms with E-state index in [1.807, 2.05) is 24.1 Å². The smallest absolute Gasteiger partial charge is 0.317 e. The Bertz CT molecular complexity index is 832. The Morgan fingerprint density at radius 3 is 2.69 bits per heavy atom. The number of benzene rings is 1. The van der Waals surface area contributed by atoms with Crippen molar-refractivity contribution in [3.63, 3.8) is 0 Å². The number of nitrogens with zero attached hydrogens (tertiary/aromatic N) is 1. The third-order valence-corrected chi connectivity index (χ3v) is 8.05. The molecule has 0 spiro atoms. The van der Waals surface area contributed by atoms with Crippen molar-refractivity contribution >= 4 is 23.5 Å². The van der Waals surface area contributed by atoms with Crippen LogP contribution in [0.2, 0.25) is 5.02 Å². The zero-order valence-corrected chi connectivity index (χ0v) is 21.9. The summed E-state index contributed by atoms with van der Waals surface area (Å²) in [5.41, 5.74) is 4.89. The summed E-state index contributed by atoms with van der Waals surface area (Å²) in [6.07, 6.45) is 10.1. The van der Waals surface area contributed by atoms with Crippen LogP contribution in [0.4, 0.5) is 4.79 Å². The fourth-order valence-corrected chi connectivity index (χ4v) is 6.15. The number of likely N-dealkylation sites (tertiary alicyclic amines) is 1. The van der Waals surface area contributed by atoms with Gasteiger partial charge in [0.25, 0.3) is 0 Å². The number of halogens is 1. The number of hydrogen-bond acceptors (Lipinski definition) is 4. The van der Waals surface area contributed by atoms with E-state index in [1.165, 1.54) is 32.1 Å². The molecule has 3 amide bonds. The average molecular weight is 507 g/mol. The SMILES string of the molecule is CNCC(CC1CCCCC1)NC(=O)N1CCCC(C(O)(CCCC(N)=O)c2cccc(Cl)c2)C1. The van der Waals surface area contributed by atoms with E-state index in [4.69, 9.17) is 17.3 Å². The third-order valence-electron chi connectivity index (χ3n) is 7.81. The lowest BCUT2D eigenvalue weighted by Crippen LogP contribution is -2.54. The highest BCUT2D eigenvalue weighted by Crippen LogP contribution is 2.40. The summed E-state index contributed by atoms with van der Waals surface area (Å²) in [6.45, 7) is 1.88. The van der Waals surface area contributed by atoms with E-state index in [0.29, 0.717) is 36.9 Å². The first kappa shape index (κ1) is 27.8.